The lowest BCUT2D eigenvalue weighted by atomic mass is 10.2. The van der Waals surface area contributed by atoms with Crippen LogP contribution in [0, 0.1) is 5.92 Å². The topological polar surface area (TPSA) is 81.4 Å². The van der Waals surface area contributed by atoms with E-state index >= 15 is 0 Å². The number of nitrogens with zero attached hydrogens (tertiary/aromatic N) is 4. The highest BCUT2D eigenvalue weighted by Gasteiger charge is 2.30. The van der Waals surface area contributed by atoms with Crippen molar-refractivity contribution in [1.29, 1.82) is 0 Å². The second-order valence-corrected chi connectivity index (χ2v) is 5.47. The standard InChI is InChI=1S/C16H15N5O2/c1-23-14-8-7-11(9-17-14)12-3-2-4-13-18-16(20-21(12)13)19-15(22)10-5-6-10/h2-4,7-10H,5-6H2,1H3,(H,19,20,22). The molecule has 116 valence electrons. The first-order chi connectivity index (χ1) is 11.2. The largest absolute Gasteiger partial charge is 0.481 e. The molecule has 0 unspecified atom stereocenters. The van der Waals surface area contributed by atoms with Crippen LogP contribution in [-0.2, 0) is 4.79 Å². The molecule has 3 aromatic rings. The number of amides is 1. The van der Waals surface area contributed by atoms with Gasteiger partial charge >= 0.3 is 0 Å². The molecule has 0 saturated heterocycles. The normalized spacial score (nSPS) is 14.0. The maximum Gasteiger partial charge on any atom is 0.249 e. The zero-order chi connectivity index (χ0) is 15.8. The van der Waals surface area contributed by atoms with Crippen molar-refractivity contribution < 1.29 is 9.53 Å². The van der Waals surface area contributed by atoms with E-state index in [4.69, 9.17) is 4.74 Å². The minimum Gasteiger partial charge on any atom is -0.481 e. The summed E-state index contributed by atoms with van der Waals surface area (Å²) < 4.78 is 6.78. The Labute approximate surface area is 132 Å². The van der Waals surface area contributed by atoms with Gasteiger partial charge < -0.3 is 4.74 Å². The molecule has 0 atom stereocenters. The van der Waals surface area contributed by atoms with Crippen molar-refractivity contribution in [3.8, 4) is 17.1 Å². The molecule has 1 aliphatic carbocycles. The molecule has 0 aliphatic heterocycles. The van der Waals surface area contributed by atoms with Gasteiger partial charge in [0, 0.05) is 23.7 Å². The van der Waals surface area contributed by atoms with Gasteiger partial charge in [-0.15, -0.1) is 5.10 Å². The number of aromatic nitrogens is 4. The predicted octanol–water partition coefficient (Wildman–Crippen LogP) is 2.15. The van der Waals surface area contributed by atoms with Gasteiger partial charge in [-0.05, 0) is 31.0 Å². The molecule has 3 heterocycles. The van der Waals surface area contributed by atoms with Crippen LogP contribution >= 0.6 is 0 Å². The van der Waals surface area contributed by atoms with Crippen LogP contribution in [0.1, 0.15) is 12.8 Å². The SMILES string of the molecule is COc1ccc(-c2cccc3nc(NC(=O)C4CC4)nn23)cn1. The van der Waals surface area contributed by atoms with Crippen molar-refractivity contribution in [2.24, 2.45) is 5.92 Å². The zero-order valence-corrected chi connectivity index (χ0v) is 12.6. The molecule has 1 aliphatic rings. The molecule has 0 aromatic carbocycles. The molecular weight excluding hydrogens is 294 g/mol. The maximum absolute atomic E-state index is 11.9. The van der Waals surface area contributed by atoms with Gasteiger partial charge in [-0.25, -0.2) is 9.50 Å². The van der Waals surface area contributed by atoms with Crippen LogP contribution in [0.25, 0.3) is 16.9 Å². The van der Waals surface area contributed by atoms with Gasteiger partial charge in [0.15, 0.2) is 5.65 Å². The van der Waals surface area contributed by atoms with E-state index in [1.165, 1.54) is 0 Å². The van der Waals surface area contributed by atoms with E-state index < -0.39 is 0 Å². The fourth-order valence-corrected chi connectivity index (χ4v) is 2.39. The number of hydrogen-bond acceptors (Lipinski definition) is 5. The number of rotatable bonds is 4. The number of carbonyl (C=O) groups is 1. The minimum atomic E-state index is -0.00595. The Balaban J connectivity index is 1.71. The lowest BCUT2D eigenvalue weighted by Gasteiger charge is -2.04. The molecule has 3 aromatic heterocycles. The van der Waals surface area contributed by atoms with Crippen LogP contribution < -0.4 is 10.1 Å². The molecule has 0 bridgehead atoms. The van der Waals surface area contributed by atoms with Crippen molar-refractivity contribution in [3.05, 3.63) is 36.5 Å². The number of anilines is 1. The summed E-state index contributed by atoms with van der Waals surface area (Å²) in [6, 6.07) is 9.37. The molecule has 1 saturated carbocycles. The summed E-state index contributed by atoms with van der Waals surface area (Å²) in [5.41, 5.74) is 2.41. The second-order valence-electron chi connectivity index (χ2n) is 5.47. The minimum absolute atomic E-state index is 0.00595. The number of methoxy groups -OCH3 is 1. The highest BCUT2D eigenvalue weighted by Crippen LogP contribution is 2.30. The Bertz CT molecular complexity index is 868. The molecule has 7 heteroatoms. The first-order valence-corrected chi connectivity index (χ1v) is 7.41. The fraction of sp³-hybridized carbons (Fsp3) is 0.250. The maximum atomic E-state index is 11.9. The van der Waals surface area contributed by atoms with E-state index in [-0.39, 0.29) is 11.8 Å². The van der Waals surface area contributed by atoms with Gasteiger partial charge in [0.05, 0.1) is 12.8 Å². The third-order valence-electron chi connectivity index (χ3n) is 3.78. The number of fused-ring (bicyclic) bond motifs is 1. The smallest absolute Gasteiger partial charge is 0.249 e. The van der Waals surface area contributed by atoms with Gasteiger partial charge in [0.25, 0.3) is 0 Å². The first kappa shape index (κ1) is 13.7. The third-order valence-corrected chi connectivity index (χ3v) is 3.78. The lowest BCUT2D eigenvalue weighted by Crippen LogP contribution is -2.14. The van der Waals surface area contributed by atoms with Crippen LogP contribution in [0.3, 0.4) is 0 Å². The van der Waals surface area contributed by atoms with Crippen molar-refractivity contribution in [3.63, 3.8) is 0 Å². The molecule has 7 nitrogen and oxygen atoms in total. The number of hydrogen-bond donors (Lipinski definition) is 1. The molecule has 1 amide bonds. The first-order valence-electron chi connectivity index (χ1n) is 7.41. The Morgan fingerprint density at radius 1 is 1.30 bits per heavy atom. The highest BCUT2D eigenvalue weighted by molar-refractivity contribution is 5.92. The average Bonchev–Trinajstić information content (AvgIpc) is 3.35. The van der Waals surface area contributed by atoms with E-state index in [1.54, 1.807) is 23.9 Å². The van der Waals surface area contributed by atoms with Crippen molar-refractivity contribution in [2.45, 2.75) is 12.8 Å². The summed E-state index contributed by atoms with van der Waals surface area (Å²) in [4.78, 5) is 20.4. The van der Waals surface area contributed by atoms with Crippen molar-refractivity contribution in [2.75, 3.05) is 12.4 Å². The summed E-state index contributed by atoms with van der Waals surface area (Å²) in [5.74, 6) is 0.994. The molecular formula is C16H15N5O2. The van der Waals surface area contributed by atoms with Crippen LogP contribution in [0.2, 0.25) is 0 Å². The van der Waals surface area contributed by atoms with Crippen LogP contribution in [0.5, 0.6) is 5.88 Å². The van der Waals surface area contributed by atoms with Crippen molar-refractivity contribution >= 4 is 17.5 Å². The molecule has 4 rings (SSSR count). The Morgan fingerprint density at radius 3 is 2.87 bits per heavy atom. The molecule has 23 heavy (non-hydrogen) atoms. The van der Waals surface area contributed by atoms with Gasteiger partial charge in [0.1, 0.15) is 0 Å². The Hall–Kier alpha value is -2.96. The van der Waals surface area contributed by atoms with Crippen LogP contribution in [0.4, 0.5) is 5.95 Å². The quantitative estimate of drug-likeness (QED) is 0.798. The lowest BCUT2D eigenvalue weighted by molar-refractivity contribution is -0.117. The number of ether oxygens (including phenoxy) is 1. The number of pyridine rings is 2. The van der Waals surface area contributed by atoms with Crippen LogP contribution in [-0.4, -0.2) is 32.6 Å². The van der Waals surface area contributed by atoms with E-state index in [0.717, 1.165) is 24.1 Å². The average molecular weight is 309 g/mol. The second kappa shape index (κ2) is 5.35. The molecule has 1 fully saturated rings. The van der Waals surface area contributed by atoms with Crippen molar-refractivity contribution in [1.82, 2.24) is 19.6 Å². The van der Waals surface area contributed by atoms with Gasteiger partial charge in [-0.2, -0.15) is 4.98 Å². The summed E-state index contributed by atoms with van der Waals surface area (Å²) in [7, 11) is 1.58. The van der Waals surface area contributed by atoms with E-state index in [9.17, 15) is 4.79 Å². The summed E-state index contributed by atoms with van der Waals surface area (Å²) >= 11 is 0. The molecule has 1 N–H and O–H groups in total. The summed E-state index contributed by atoms with van der Waals surface area (Å²) in [5, 5.41) is 7.17. The van der Waals surface area contributed by atoms with E-state index in [1.807, 2.05) is 24.3 Å². The summed E-state index contributed by atoms with van der Waals surface area (Å²) in [6.07, 6.45) is 3.61. The van der Waals surface area contributed by atoms with Crippen LogP contribution in [0.15, 0.2) is 36.5 Å². The summed E-state index contributed by atoms with van der Waals surface area (Å²) in [6.45, 7) is 0. The Kier molecular flexibility index (Phi) is 3.18. The fourth-order valence-electron chi connectivity index (χ4n) is 2.39. The number of nitrogens with one attached hydrogen (secondary N) is 1. The van der Waals surface area contributed by atoms with Gasteiger partial charge in [-0.3, -0.25) is 10.1 Å². The molecule has 0 spiro atoms. The number of carbonyl (C=O) groups excluding carboxylic acids is 1. The van der Waals surface area contributed by atoms with E-state index in [2.05, 4.69) is 20.4 Å². The van der Waals surface area contributed by atoms with Gasteiger partial charge in [-0.1, -0.05) is 6.07 Å². The van der Waals surface area contributed by atoms with Gasteiger partial charge in [0.2, 0.25) is 17.7 Å². The molecule has 0 radical (unpaired) electrons. The third kappa shape index (κ3) is 2.61. The van der Waals surface area contributed by atoms with E-state index in [0.29, 0.717) is 17.5 Å². The predicted molar refractivity (Wildman–Crippen MR) is 84.1 cm³/mol. The monoisotopic (exact) mass is 309 g/mol. The zero-order valence-electron chi connectivity index (χ0n) is 12.6. The highest BCUT2D eigenvalue weighted by atomic mass is 16.5. The Morgan fingerprint density at radius 2 is 2.17 bits per heavy atom.